The van der Waals surface area contributed by atoms with E-state index in [0.717, 1.165) is 56.6 Å². The summed E-state index contributed by atoms with van der Waals surface area (Å²) < 4.78 is 0. The van der Waals surface area contributed by atoms with Crippen LogP contribution in [0.1, 0.15) is 111 Å². The maximum Gasteiger partial charge on any atom is 0.0491 e. The van der Waals surface area contributed by atoms with Crippen LogP contribution < -0.4 is 9.80 Å². The molecule has 4 aliphatic carbocycles. The summed E-state index contributed by atoms with van der Waals surface area (Å²) in [5.74, 6) is 0. The van der Waals surface area contributed by atoms with Gasteiger partial charge in [-0.3, -0.25) is 0 Å². The summed E-state index contributed by atoms with van der Waals surface area (Å²) >= 11 is 0. The minimum absolute atomic E-state index is 0.125. The molecule has 0 atom stereocenters. The summed E-state index contributed by atoms with van der Waals surface area (Å²) in [6.07, 6.45) is 0. The minimum Gasteiger partial charge on any atom is -0.354 e. The third-order valence-electron chi connectivity index (χ3n) is 19.7. The third-order valence-corrected chi connectivity index (χ3v) is 19.7. The van der Waals surface area contributed by atoms with Crippen LogP contribution in [0.25, 0.3) is 67.0 Å². The van der Waals surface area contributed by atoms with E-state index < -0.39 is 0 Å². The molecule has 11 aromatic rings. The van der Waals surface area contributed by atoms with E-state index in [1.807, 2.05) is 0 Å². The lowest BCUT2D eigenvalue weighted by molar-refractivity contribution is 0.659. The Kier molecular flexibility index (Phi) is 10.5. The molecule has 0 amide bonds. The first-order chi connectivity index (χ1) is 39.0. The first-order valence-electron chi connectivity index (χ1n) is 29.0. The lowest BCUT2D eigenvalue weighted by atomic mass is 9.82. The molecule has 3 heteroatoms. The highest BCUT2D eigenvalue weighted by Crippen LogP contribution is 2.56. The molecule has 0 bridgehead atoms. The van der Waals surface area contributed by atoms with Gasteiger partial charge in [-0.1, -0.05) is 201 Å². The number of nitrogens with zero attached hydrogens (tertiary/aromatic N) is 2. The van der Waals surface area contributed by atoms with Crippen molar-refractivity contribution in [3.05, 3.63) is 274 Å². The van der Waals surface area contributed by atoms with Gasteiger partial charge in [0.2, 0.25) is 0 Å². The predicted octanol–water partition coefficient (Wildman–Crippen LogP) is 21.1. The second kappa shape index (κ2) is 17.3. The van der Waals surface area contributed by atoms with E-state index in [1.54, 1.807) is 0 Å². The number of hydrogen-bond acceptors (Lipinski definition) is 2. The topological polar surface area (TPSA) is 22.3 Å². The van der Waals surface area contributed by atoms with Crippen LogP contribution in [-0.4, -0.2) is 4.98 Å². The van der Waals surface area contributed by atoms with Crippen molar-refractivity contribution in [1.29, 1.82) is 0 Å². The summed E-state index contributed by atoms with van der Waals surface area (Å²) in [6.45, 7) is 23.5. The maximum atomic E-state index is 3.96. The fourth-order valence-electron chi connectivity index (χ4n) is 15.0. The zero-order valence-corrected chi connectivity index (χ0v) is 48.2. The molecule has 0 unspecified atom stereocenters. The molecule has 0 radical (unpaired) electrons. The Morgan fingerprint density at radius 2 is 0.469 bits per heavy atom. The summed E-state index contributed by atoms with van der Waals surface area (Å²) in [6, 6.07) is 82.7. The fourth-order valence-corrected chi connectivity index (χ4v) is 15.0. The first kappa shape index (κ1) is 49.1. The van der Waals surface area contributed by atoms with Crippen LogP contribution in [-0.2, 0) is 21.7 Å². The van der Waals surface area contributed by atoms with Crippen molar-refractivity contribution in [2.75, 3.05) is 9.80 Å². The average molecular weight is 1050 g/mol. The molecule has 0 spiro atoms. The zero-order valence-electron chi connectivity index (χ0n) is 48.2. The molecule has 0 saturated carbocycles. The minimum atomic E-state index is -0.125. The number of nitrogens with one attached hydrogen (secondary N) is 1. The number of benzene rings is 10. The largest absolute Gasteiger partial charge is 0.354 e. The number of anilines is 6. The van der Waals surface area contributed by atoms with E-state index in [2.05, 4.69) is 302 Å². The number of H-pyrrole nitrogens is 1. The van der Waals surface area contributed by atoms with Crippen LogP contribution >= 0.6 is 0 Å². The molecule has 1 N–H and O–H groups in total. The van der Waals surface area contributed by atoms with E-state index in [0.29, 0.717) is 0 Å². The van der Waals surface area contributed by atoms with E-state index in [1.165, 1.54) is 100 Å². The number of hydrogen-bond donors (Lipinski definition) is 1. The Bertz CT molecular complexity index is 3930. The highest BCUT2D eigenvalue weighted by atomic mass is 15.1. The molecule has 10 aromatic carbocycles. The van der Waals surface area contributed by atoms with Gasteiger partial charge in [0.15, 0.2) is 0 Å². The van der Waals surface area contributed by atoms with E-state index in [-0.39, 0.29) is 21.7 Å². The van der Waals surface area contributed by atoms with Gasteiger partial charge < -0.3 is 14.8 Å². The van der Waals surface area contributed by atoms with Crippen LogP contribution in [0.3, 0.4) is 0 Å². The molecular weight excluding hydrogens is 979 g/mol. The average Bonchev–Trinajstić information content (AvgIpc) is 4.37. The molecular formula is C78H67N3. The number of rotatable bonds is 8. The van der Waals surface area contributed by atoms with Crippen molar-refractivity contribution in [3.63, 3.8) is 0 Å². The Balaban J connectivity index is 0.792. The quantitative estimate of drug-likeness (QED) is 0.164. The van der Waals surface area contributed by atoms with Crippen molar-refractivity contribution < 1.29 is 0 Å². The van der Waals surface area contributed by atoms with Gasteiger partial charge in [-0.2, -0.15) is 0 Å². The van der Waals surface area contributed by atoms with Crippen molar-refractivity contribution in [3.8, 4) is 67.0 Å². The van der Waals surface area contributed by atoms with Crippen molar-refractivity contribution in [2.24, 2.45) is 0 Å². The molecule has 1 aromatic heterocycles. The van der Waals surface area contributed by atoms with Crippen LogP contribution in [0.4, 0.5) is 34.1 Å². The van der Waals surface area contributed by atoms with E-state index in [9.17, 15) is 0 Å². The van der Waals surface area contributed by atoms with Gasteiger partial charge in [0.25, 0.3) is 0 Å². The molecule has 394 valence electrons. The van der Waals surface area contributed by atoms with Gasteiger partial charge in [0, 0.05) is 67.2 Å². The molecule has 1 heterocycles. The smallest absolute Gasteiger partial charge is 0.0491 e. The second-order valence-electron chi connectivity index (χ2n) is 25.5. The van der Waals surface area contributed by atoms with Crippen LogP contribution in [0.15, 0.2) is 218 Å². The fraction of sp³-hybridized carbons (Fsp3) is 0.179. The van der Waals surface area contributed by atoms with Gasteiger partial charge >= 0.3 is 0 Å². The Morgan fingerprint density at radius 3 is 0.728 bits per heavy atom. The predicted molar refractivity (Wildman–Crippen MR) is 341 cm³/mol. The standard InChI is InChI=1S/C78H67N3/c1-47-48(2)74(50-29-33-52(34-30-50)81(55-37-41-63-59-21-13-17-25-67(59)77(7,8)71(63)45-55)56-38-42-64-60-22-14-18-26-68(60)78(9,10)72(64)46-56)79-73(47)49-27-31-51(32-28-49)80(53-35-39-61-57-19-11-15-23-65(57)75(3,4)69(61)43-53)54-36-40-62-58-20-12-16-24-66(58)76(5,6)70(62)44-54/h11-46,79H,1-10H3. The van der Waals surface area contributed by atoms with Crippen LogP contribution in [0.2, 0.25) is 0 Å². The number of aromatic amines is 1. The van der Waals surface area contributed by atoms with Crippen molar-refractivity contribution >= 4 is 34.1 Å². The highest BCUT2D eigenvalue weighted by molar-refractivity contribution is 5.92. The van der Waals surface area contributed by atoms with Crippen molar-refractivity contribution in [1.82, 2.24) is 4.98 Å². The first-order valence-corrected chi connectivity index (χ1v) is 29.0. The number of aromatic nitrogens is 1. The monoisotopic (exact) mass is 1050 g/mol. The Morgan fingerprint density at radius 1 is 0.247 bits per heavy atom. The summed E-state index contributed by atoms with van der Waals surface area (Å²) in [5, 5.41) is 0. The summed E-state index contributed by atoms with van der Waals surface area (Å²) in [4.78, 5) is 8.90. The lowest BCUT2D eigenvalue weighted by Gasteiger charge is -2.30. The molecule has 3 nitrogen and oxygen atoms in total. The van der Waals surface area contributed by atoms with Crippen LogP contribution in [0.5, 0.6) is 0 Å². The molecule has 0 saturated heterocycles. The number of fused-ring (bicyclic) bond motifs is 12. The molecule has 0 aliphatic heterocycles. The van der Waals surface area contributed by atoms with Crippen LogP contribution in [0, 0.1) is 13.8 Å². The normalized spacial score (nSPS) is 15.4. The molecule has 15 rings (SSSR count). The molecule has 81 heavy (non-hydrogen) atoms. The molecule has 0 fully saturated rings. The Hall–Kier alpha value is -8.92. The van der Waals surface area contributed by atoms with Gasteiger partial charge in [0.1, 0.15) is 0 Å². The molecule has 4 aliphatic rings. The van der Waals surface area contributed by atoms with E-state index >= 15 is 0 Å². The second-order valence-corrected chi connectivity index (χ2v) is 25.5. The Labute approximate surface area is 478 Å². The summed E-state index contributed by atoms with van der Waals surface area (Å²) in [7, 11) is 0. The lowest BCUT2D eigenvalue weighted by Crippen LogP contribution is -2.18. The van der Waals surface area contributed by atoms with Gasteiger partial charge in [-0.05, 0) is 198 Å². The maximum absolute atomic E-state index is 3.96. The third kappa shape index (κ3) is 7.07. The van der Waals surface area contributed by atoms with Gasteiger partial charge in [0.05, 0.1) is 0 Å². The highest BCUT2D eigenvalue weighted by Gasteiger charge is 2.40. The van der Waals surface area contributed by atoms with Gasteiger partial charge in [-0.15, -0.1) is 0 Å². The van der Waals surface area contributed by atoms with E-state index in [4.69, 9.17) is 0 Å². The zero-order chi connectivity index (χ0) is 55.5. The van der Waals surface area contributed by atoms with Crippen molar-refractivity contribution in [2.45, 2.75) is 90.9 Å². The summed E-state index contributed by atoms with van der Waals surface area (Å²) in [5.41, 5.74) is 35.1. The SMILES string of the molecule is Cc1c(-c2ccc(N(c3ccc4c(c3)C(C)(C)c3ccccc3-4)c3ccc4c(c3)C(C)(C)c3ccccc3-4)cc2)[nH]c(-c2ccc(N(c3ccc4c(c3)C(C)(C)c3ccccc3-4)c3ccc4c(c3)C(C)(C)c3ccccc3-4)cc2)c1C. The van der Waals surface area contributed by atoms with Gasteiger partial charge in [-0.25, -0.2) is 0 Å².